The molecule has 8 nitrogen and oxygen atoms in total. The van der Waals surface area contributed by atoms with E-state index < -0.39 is 5.91 Å². The average Bonchev–Trinajstić information content (AvgIpc) is 3.23. The Hall–Kier alpha value is -2.78. The maximum Gasteiger partial charge on any atom is 0.268 e. The van der Waals surface area contributed by atoms with Crippen LogP contribution in [-0.2, 0) is 6.54 Å². The molecule has 1 atom stereocenters. The minimum Gasteiger partial charge on any atom is -0.491 e. The lowest BCUT2D eigenvalue weighted by Gasteiger charge is -2.43. The van der Waals surface area contributed by atoms with Crippen molar-refractivity contribution in [2.75, 3.05) is 44.3 Å². The van der Waals surface area contributed by atoms with Gasteiger partial charge in [-0.1, -0.05) is 35.3 Å². The second kappa shape index (κ2) is 11.3. The van der Waals surface area contributed by atoms with Crippen LogP contribution >= 0.6 is 23.2 Å². The molecule has 4 rings (SSSR count). The summed E-state index contributed by atoms with van der Waals surface area (Å²) in [5, 5.41) is 10.3. The average molecular weight is 518 g/mol. The fourth-order valence-corrected chi connectivity index (χ4v) is 4.78. The van der Waals surface area contributed by atoms with Gasteiger partial charge in [0, 0.05) is 50.0 Å². The van der Waals surface area contributed by atoms with E-state index in [1.807, 2.05) is 35.8 Å². The van der Waals surface area contributed by atoms with E-state index in [4.69, 9.17) is 38.8 Å². The molecule has 1 aliphatic rings. The van der Waals surface area contributed by atoms with Gasteiger partial charge in [-0.3, -0.25) is 9.69 Å². The van der Waals surface area contributed by atoms with Gasteiger partial charge < -0.3 is 25.0 Å². The zero-order valence-electron chi connectivity index (χ0n) is 19.5. The zero-order valence-corrected chi connectivity index (χ0v) is 21.0. The Morgan fingerprint density at radius 3 is 2.60 bits per heavy atom. The molecule has 0 aliphatic carbocycles. The second-order valence-electron chi connectivity index (χ2n) is 8.48. The van der Waals surface area contributed by atoms with Crippen LogP contribution in [0.5, 0.6) is 5.75 Å². The first-order valence-corrected chi connectivity index (χ1v) is 12.2. The van der Waals surface area contributed by atoms with Gasteiger partial charge in [-0.2, -0.15) is 0 Å². The topological polar surface area (TPSA) is 96.8 Å². The summed E-state index contributed by atoms with van der Waals surface area (Å²) in [6.07, 6.45) is 1.71. The number of carbonyl (C=O) groups excluding carboxylic acids is 1. The number of aromatic nitrogens is 2. The number of anilines is 1. The third kappa shape index (κ3) is 6.08. The molecule has 0 bridgehead atoms. The lowest BCUT2D eigenvalue weighted by Crippen LogP contribution is -2.49. The van der Waals surface area contributed by atoms with E-state index in [1.165, 1.54) is 0 Å². The number of aliphatic hydroxyl groups is 1. The Bertz CT molecular complexity index is 1170. The van der Waals surface area contributed by atoms with E-state index in [-0.39, 0.29) is 24.9 Å². The zero-order chi connectivity index (χ0) is 24.9. The summed E-state index contributed by atoms with van der Waals surface area (Å²) in [5.41, 5.74) is 7.73. The highest BCUT2D eigenvalue weighted by Crippen LogP contribution is 2.37. The maximum atomic E-state index is 11.5. The highest BCUT2D eigenvalue weighted by Gasteiger charge is 2.30. The predicted molar refractivity (Wildman–Crippen MR) is 137 cm³/mol. The lowest BCUT2D eigenvalue weighted by molar-refractivity contribution is 0.0996. The second-order valence-corrected chi connectivity index (χ2v) is 9.32. The van der Waals surface area contributed by atoms with Crippen molar-refractivity contribution >= 4 is 34.8 Å². The number of piperazine rings is 1. The number of amides is 1. The van der Waals surface area contributed by atoms with Crippen LogP contribution in [0.3, 0.4) is 0 Å². The summed E-state index contributed by atoms with van der Waals surface area (Å²) >= 11 is 12.8. The van der Waals surface area contributed by atoms with Gasteiger partial charge in [0.1, 0.15) is 23.9 Å². The largest absolute Gasteiger partial charge is 0.491 e. The number of nitrogens with zero attached hydrogens (tertiary/aromatic N) is 4. The molecule has 186 valence electrons. The van der Waals surface area contributed by atoms with Crippen LogP contribution in [0.2, 0.25) is 10.0 Å². The Morgan fingerprint density at radius 1 is 1.17 bits per heavy atom. The Morgan fingerprint density at radius 2 is 1.94 bits per heavy atom. The van der Waals surface area contributed by atoms with Crippen molar-refractivity contribution in [3.05, 3.63) is 75.8 Å². The number of nitrogens with two attached hydrogens (primary N) is 1. The van der Waals surface area contributed by atoms with Crippen molar-refractivity contribution in [1.29, 1.82) is 0 Å². The van der Waals surface area contributed by atoms with E-state index in [0.717, 1.165) is 43.3 Å². The first kappa shape index (κ1) is 25.3. The van der Waals surface area contributed by atoms with Crippen LogP contribution in [-0.4, -0.2) is 64.9 Å². The molecule has 3 aromatic rings. The lowest BCUT2D eigenvalue weighted by atomic mass is 10.0. The molecule has 0 spiro atoms. The Kier molecular flexibility index (Phi) is 8.18. The fraction of sp³-hybridized carbons (Fsp3) is 0.360. The quantitative estimate of drug-likeness (QED) is 0.450. The van der Waals surface area contributed by atoms with Crippen LogP contribution in [0, 0.1) is 6.92 Å². The van der Waals surface area contributed by atoms with Crippen LogP contribution in [0.25, 0.3) is 0 Å². The molecule has 35 heavy (non-hydrogen) atoms. The van der Waals surface area contributed by atoms with E-state index >= 15 is 0 Å². The Balaban J connectivity index is 1.53. The molecule has 2 aromatic carbocycles. The highest BCUT2D eigenvalue weighted by atomic mass is 35.5. The summed E-state index contributed by atoms with van der Waals surface area (Å²) in [6, 6.07) is 13.6. The number of aryl methyl sites for hydroxylation is 1. The van der Waals surface area contributed by atoms with Crippen molar-refractivity contribution in [3.8, 4) is 5.75 Å². The van der Waals surface area contributed by atoms with Crippen molar-refractivity contribution in [2.24, 2.45) is 5.73 Å². The van der Waals surface area contributed by atoms with E-state index in [1.54, 1.807) is 12.3 Å². The summed E-state index contributed by atoms with van der Waals surface area (Å²) in [5.74, 6) is 0.871. The molecule has 1 saturated heterocycles. The standard InChI is InChI=1S/C25H29Cl2N5O3/c1-17-29-22(25(28)34)15-31(17)10-8-30-9-11-32(24(16-30)18-2-4-19(26)5-3-18)23-7-6-20(14-21(23)27)35-13-12-33/h2-7,14-15,24,33H,8-13,16H2,1H3,(H2,28,34)/t24-/m0/s1. The van der Waals surface area contributed by atoms with Gasteiger partial charge in [0.2, 0.25) is 0 Å². The molecular weight excluding hydrogens is 489 g/mol. The first-order chi connectivity index (χ1) is 16.9. The molecule has 0 unspecified atom stereocenters. The number of hydrogen-bond acceptors (Lipinski definition) is 6. The fourth-order valence-electron chi connectivity index (χ4n) is 4.38. The maximum absolute atomic E-state index is 11.5. The molecular formula is C25H29Cl2N5O3. The van der Waals surface area contributed by atoms with E-state index in [0.29, 0.717) is 22.3 Å². The third-order valence-corrected chi connectivity index (χ3v) is 6.75. The van der Waals surface area contributed by atoms with Crippen molar-refractivity contribution in [1.82, 2.24) is 14.5 Å². The molecule has 1 aromatic heterocycles. The minimum absolute atomic E-state index is 0.0532. The third-order valence-electron chi connectivity index (χ3n) is 6.19. The van der Waals surface area contributed by atoms with Gasteiger partial charge in [0.25, 0.3) is 5.91 Å². The number of carbonyl (C=O) groups is 1. The number of aliphatic hydroxyl groups excluding tert-OH is 1. The van der Waals surface area contributed by atoms with Crippen molar-refractivity contribution in [2.45, 2.75) is 19.5 Å². The minimum atomic E-state index is -0.520. The summed E-state index contributed by atoms with van der Waals surface area (Å²) in [7, 11) is 0. The monoisotopic (exact) mass is 517 g/mol. The SMILES string of the molecule is Cc1nc(C(N)=O)cn1CCN1CCN(c2ccc(OCCO)cc2Cl)[C@H](c2ccc(Cl)cc2)C1. The van der Waals surface area contributed by atoms with Gasteiger partial charge in [-0.15, -0.1) is 0 Å². The number of ether oxygens (including phenoxy) is 1. The van der Waals surface area contributed by atoms with Gasteiger partial charge in [0.05, 0.1) is 23.4 Å². The molecule has 0 saturated carbocycles. The van der Waals surface area contributed by atoms with Crippen LogP contribution in [0.4, 0.5) is 5.69 Å². The van der Waals surface area contributed by atoms with Gasteiger partial charge in [-0.05, 0) is 36.8 Å². The smallest absolute Gasteiger partial charge is 0.268 e. The molecule has 10 heteroatoms. The van der Waals surface area contributed by atoms with E-state index in [2.05, 4.69) is 26.9 Å². The molecule has 1 amide bonds. The van der Waals surface area contributed by atoms with Gasteiger partial charge in [-0.25, -0.2) is 4.98 Å². The first-order valence-electron chi connectivity index (χ1n) is 11.5. The van der Waals surface area contributed by atoms with Crippen LogP contribution in [0.1, 0.15) is 27.9 Å². The van der Waals surface area contributed by atoms with Crippen LogP contribution < -0.4 is 15.4 Å². The molecule has 0 radical (unpaired) electrons. The van der Waals surface area contributed by atoms with Crippen molar-refractivity contribution < 1.29 is 14.6 Å². The molecule has 1 aliphatic heterocycles. The van der Waals surface area contributed by atoms with Gasteiger partial charge in [0.15, 0.2) is 0 Å². The number of primary amides is 1. The number of benzene rings is 2. The molecule has 3 N–H and O–H groups in total. The van der Waals surface area contributed by atoms with E-state index in [9.17, 15) is 4.79 Å². The summed E-state index contributed by atoms with van der Waals surface area (Å²) < 4.78 is 7.47. The number of hydrogen-bond donors (Lipinski definition) is 2. The highest BCUT2D eigenvalue weighted by molar-refractivity contribution is 6.33. The number of imidazole rings is 1. The summed E-state index contributed by atoms with van der Waals surface area (Å²) in [6.45, 7) is 5.96. The molecule has 2 heterocycles. The summed E-state index contributed by atoms with van der Waals surface area (Å²) in [4.78, 5) is 20.4. The number of rotatable bonds is 9. The van der Waals surface area contributed by atoms with Crippen molar-refractivity contribution in [3.63, 3.8) is 0 Å². The molecule has 1 fully saturated rings. The predicted octanol–water partition coefficient (Wildman–Crippen LogP) is 3.53. The normalized spacial score (nSPS) is 16.5. The Labute approximate surface area is 214 Å². The van der Waals surface area contributed by atoms with Gasteiger partial charge >= 0.3 is 0 Å². The number of halogens is 2. The van der Waals surface area contributed by atoms with Crippen LogP contribution in [0.15, 0.2) is 48.7 Å².